The molecule has 0 aliphatic heterocycles. The van der Waals surface area contributed by atoms with E-state index in [1.165, 1.54) is 0 Å². The minimum atomic E-state index is -0.994. The van der Waals surface area contributed by atoms with Gasteiger partial charge in [-0.3, -0.25) is 0 Å². The number of carbonyl (C=O) groups is 1. The predicted octanol–water partition coefficient (Wildman–Crippen LogP) is 1.85. The third-order valence-electron chi connectivity index (χ3n) is 1.83. The van der Waals surface area contributed by atoms with Crippen molar-refractivity contribution in [3.05, 3.63) is 21.9 Å². The van der Waals surface area contributed by atoms with E-state index in [9.17, 15) is 9.90 Å². The molecule has 0 aliphatic rings. The van der Waals surface area contributed by atoms with Gasteiger partial charge < -0.3 is 9.90 Å². The Morgan fingerprint density at radius 2 is 2.42 bits per heavy atom. The van der Waals surface area contributed by atoms with Gasteiger partial charge in [0.25, 0.3) is 0 Å². The van der Waals surface area contributed by atoms with Gasteiger partial charge in [0, 0.05) is 11.3 Å². The van der Waals surface area contributed by atoms with Gasteiger partial charge in [-0.05, 0) is 30.9 Å². The molecule has 0 fully saturated rings. The highest BCUT2D eigenvalue weighted by Crippen LogP contribution is 2.27. The van der Waals surface area contributed by atoms with Crippen LogP contribution in [0, 0.1) is 6.92 Å². The van der Waals surface area contributed by atoms with Gasteiger partial charge in [-0.25, -0.2) is 0 Å². The summed E-state index contributed by atoms with van der Waals surface area (Å²) in [6.45, 7) is 3.63. The molecule has 0 aromatic carbocycles. The molecule has 2 nitrogen and oxygen atoms in total. The molecule has 0 radical (unpaired) electrons. The van der Waals surface area contributed by atoms with Gasteiger partial charge in [0.15, 0.2) is 0 Å². The lowest BCUT2D eigenvalue weighted by Crippen LogP contribution is -2.20. The van der Waals surface area contributed by atoms with E-state index < -0.39 is 5.60 Å². The molecule has 1 rings (SSSR count). The van der Waals surface area contributed by atoms with Crippen molar-refractivity contribution < 1.29 is 9.90 Å². The second kappa shape index (κ2) is 3.37. The Hall–Kier alpha value is -0.670. The van der Waals surface area contributed by atoms with Crippen LogP contribution in [0.4, 0.5) is 0 Å². The molecule has 1 unspecified atom stereocenters. The van der Waals surface area contributed by atoms with Crippen LogP contribution in [-0.4, -0.2) is 11.4 Å². The molecule has 0 amide bonds. The molecule has 0 aliphatic carbocycles. The standard InChI is InChI=1S/C9H12O2S/c1-7-5-8(6-12-7)9(2,11)3-4-10/h4-6,11H,3H2,1-2H3. The molecule has 12 heavy (non-hydrogen) atoms. The minimum absolute atomic E-state index is 0.156. The monoisotopic (exact) mass is 184 g/mol. The molecule has 66 valence electrons. The van der Waals surface area contributed by atoms with E-state index in [4.69, 9.17) is 0 Å². The largest absolute Gasteiger partial charge is 0.385 e. The highest BCUT2D eigenvalue weighted by Gasteiger charge is 2.23. The molecular formula is C9H12O2S. The molecule has 1 aromatic heterocycles. The van der Waals surface area contributed by atoms with Crippen molar-refractivity contribution in [3.63, 3.8) is 0 Å². The topological polar surface area (TPSA) is 37.3 Å². The minimum Gasteiger partial charge on any atom is -0.385 e. The van der Waals surface area contributed by atoms with E-state index in [2.05, 4.69) is 0 Å². The van der Waals surface area contributed by atoms with Crippen LogP contribution in [0.2, 0.25) is 0 Å². The van der Waals surface area contributed by atoms with Crippen LogP contribution < -0.4 is 0 Å². The predicted molar refractivity (Wildman–Crippen MR) is 49.3 cm³/mol. The van der Waals surface area contributed by atoms with Crippen LogP contribution in [0.5, 0.6) is 0 Å². The Bertz CT molecular complexity index is 276. The Morgan fingerprint density at radius 3 is 2.83 bits per heavy atom. The molecule has 3 heteroatoms. The van der Waals surface area contributed by atoms with Gasteiger partial charge in [-0.2, -0.15) is 0 Å². The summed E-state index contributed by atoms with van der Waals surface area (Å²) in [5, 5.41) is 11.7. The number of hydrogen-bond donors (Lipinski definition) is 1. The van der Waals surface area contributed by atoms with Crippen molar-refractivity contribution in [3.8, 4) is 0 Å². The fourth-order valence-corrected chi connectivity index (χ4v) is 1.84. The lowest BCUT2D eigenvalue weighted by Gasteiger charge is -2.18. The Balaban J connectivity index is 2.88. The van der Waals surface area contributed by atoms with E-state index in [1.54, 1.807) is 18.3 Å². The fraction of sp³-hybridized carbons (Fsp3) is 0.444. The normalized spacial score (nSPS) is 15.6. The first-order valence-electron chi connectivity index (χ1n) is 3.78. The molecule has 0 saturated carbocycles. The van der Waals surface area contributed by atoms with Crippen LogP contribution in [-0.2, 0) is 10.4 Å². The third-order valence-corrected chi connectivity index (χ3v) is 2.69. The quantitative estimate of drug-likeness (QED) is 0.728. The van der Waals surface area contributed by atoms with Crippen molar-refractivity contribution in [1.29, 1.82) is 0 Å². The summed E-state index contributed by atoms with van der Waals surface area (Å²) < 4.78 is 0. The first-order valence-corrected chi connectivity index (χ1v) is 4.66. The van der Waals surface area contributed by atoms with Crippen molar-refractivity contribution in [2.75, 3.05) is 0 Å². The number of carbonyl (C=O) groups excluding carboxylic acids is 1. The summed E-state index contributed by atoms with van der Waals surface area (Å²) >= 11 is 1.58. The summed E-state index contributed by atoms with van der Waals surface area (Å²) in [6, 6.07) is 1.91. The molecular weight excluding hydrogens is 172 g/mol. The maximum absolute atomic E-state index is 10.2. The van der Waals surface area contributed by atoms with Crippen LogP contribution >= 0.6 is 11.3 Å². The lowest BCUT2D eigenvalue weighted by molar-refractivity contribution is -0.112. The Kier molecular flexibility index (Phi) is 2.65. The van der Waals surface area contributed by atoms with Crippen molar-refractivity contribution >= 4 is 17.6 Å². The number of aliphatic hydroxyl groups is 1. The average molecular weight is 184 g/mol. The smallest absolute Gasteiger partial charge is 0.123 e. The fourth-order valence-electron chi connectivity index (χ4n) is 1.01. The van der Waals surface area contributed by atoms with Crippen molar-refractivity contribution in [1.82, 2.24) is 0 Å². The molecule has 0 spiro atoms. The van der Waals surface area contributed by atoms with Gasteiger partial charge in [0.1, 0.15) is 6.29 Å². The molecule has 1 atom stereocenters. The first-order chi connectivity index (χ1) is 5.56. The number of rotatable bonds is 3. The van der Waals surface area contributed by atoms with Gasteiger partial charge in [-0.15, -0.1) is 11.3 Å². The SMILES string of the molecule is Cc1cc(C(C)(O)CC=O)cs1. The average Bonchev–Trinajstić information content (AvgIpc) is 2.36. The zero-order valence-electron chi connectivity index (χ0n) is 7.20. The Labute approximate surface area is 75.9 Å². The number of thiophene rings is 1. The van der Waals surface area contributed by atoms with Gasteiger partial charge in [-0.1, -0.05) is 0 Å². The third kappa shape index (κ3) is 1.93. The van der Waals surface area contributed by atoms with Crippen LogP contribution in [0.1, 0.15) is 23.8 Å². The maximum Gasteiger partial charge on any atom is 0.123 e. The molecule has 1 aromatic rings. The summed E-state index contributed by atoms with van der Waals surface area (Å²) in [7, 11) is 0. The van der Waals surface area contributed by atoms with Gasteiger partial charge in [0.05, 0.1) is 5.60 Å². The molecule has 1 heterocycles. The van der Waals surface area contributed by atoms with Gasteiger partial charge >= 0.3 is 0 Å². The summed E-state index contributed by atoms with van der Waals surface area (Å²) in [5.74, 6) is 0. The van der Waals surface area contributed by atoms with Crippen molar-refractivity contribution in [2.45, 2.75) is 25.9 Å². The zero-order chi connectivity index (χ0) is 9.19. The summed E-state index contributed by atoms with van der Waals surface area (Å²) in [5.41, 5.74) is -0.163. The second-order valence-electron chi connectivity index (χ2n) is 3.09. The lowest BCUT2D eigenvalue weighted by atomic mass is 9.96. The van der Waals surface area contributed by atoms with E-state index in [1.807, 2.05) is 18.4 Å². The van der Waals surface area contributed by atoms with Crippen LogP contribution in [0.15, 0.2) is 11.4 Å². The van der Waals surface area contributed by atoms with Crippen molar-refractivity contribution in [2.24, 2.45) is 0 Å². The highest BCUT2D eigenvalue weighted by molar-refractivity contribution is 7.10. The zero-order valence-corrected chi connectivity index (χ0v) is 8.02. The van der Waals surface area contributed by atoms with E-state index in [0.29, 0.717) is 0 Å². The number of hydrogen-bond acceptors (Lipinski definition) is 3. The van der Waals surface area contributed by atoms with E-state index in [0.717, 1.165) is 16.7 Å². The van der Waals surface area contributed by atoms with E-state index in [-0.39, 0.29) is 6.42 Å². The molecule has 0 bridgehead atoms. The molecule has 1 N–H and O–H groups in total. The summed E-state index contributed by atoms with van der Waals surface area (Å²) in [4.78, 5) is 11.4. The summed E-state index contributed by atoms with van der Waals surface area (Å²) in [6.07, 6.45) is 0.899. The second-order valence-corrected chi connectivity index (χ2v) is 4.21. The first kappa shape index (κ1) is 9.42. The van der Waals surface area contributed by atoms with Crippen LogP contribution in [0.25, 0.3) is 0 Å². The number of aldehydes is 1. The maximum atomic E-state index is 10.2. The van der Waals surface area contributed by atoms with E-state index >= 15 is 0 Å². The number of aryl methyl sites for hydroxylation is 1. The molecule has 0 saturated heterocycles. The highest BCUT2D eigenvalue weighted by atomic mass is 32.1. The van der Waals surface area contributed by atoms with Gasteiger partial charge in [0.2, 0.25) is 0 Å². The Morgan fingerprint density at radius 1 is 1.75 bits per heavy atom. The van der Waals surface area contributed by atoms with Crippen LogP contribution in [0.3, 0.4) is 0 Å².